The Morgan fingerprint density at radius 2 is 2.16 bits per heavy atom. The van der Waals surface area contributed by atoms with Gasteiger partial charge in [0, 0.05) is 0 Å². The molecule has 0 bridgehead atoms. The highest BCUT2D eigenvalue weighted by atomic mass is 16.7. The van der Waals surface area contributed by atoms with Gasteiger partial charge in [-0.15, -0.1) is 0 Å². The number of hydrogen-bond acceptors (Lipinski definition) is 4. The molecule has 0 radical (unpaired) electrons. The van der Waals surface area contributed by atoms with Crippen LogP contribution < -0.4 is 9.47 Å². The van der Waals surface area contributed by atoms with Gasteiger partial charge in [0.1, 0.15) is 0 Å². The Morgan fingerprint density at radius 1 is 1.42 bits per heavy atom. The van der Waals surface area contributed by atoms with Crippen molar-refractivity contribution in [3.8, 4) is 11.5 Å². The maximum Gasteiger partial charge on any atom is 0.309 e. The van der Waals surface area contributed by atoms with Gasteiger partial charge in [0.05, 0.1) is 18.6 Å². The Kier molecular flexibility index (Phi) is 3.06. The monoisotopic (exact) mass is 264 g/mol. The Balaban J connectivity index is 2.01. The second-order valence-electron chi connectivity index (χ2n) is 4.80. The standard InChI is InChI=1S/C14H16O5/c1-2-9(14(15)16)13-10-6-12-11(18-7-19-12)5-8(10)3-4-17-13/h5-6,9,13H,2-4,7H2,1H3,(H,15,16). The minimum Gasteiger partial charge on any atom is -0.481 e. The minimum atomic E-state index is -0.821. The summed E-state index contributed by atoms with van der Waals surface area (Å²) in [5.41, 5.74) is 2.02. The Bertz CT molecular complexity index is 511. The molecule has 2 heterocycles. The van der Waals surface area contributed by atoms with Gasteiger partial charge in [-0.2, -0.15) is 0 Å². The lowest BCUT2D eigenvalue weighted by Gasteiger charge is -2.30. The highest BCUT2D eigenvalue weighted by molar-refractivity contribution is 5.71. The quantitative estimate of drug-likeness (QED) is 0.906. The summed E-state index contributed by atoms with van der Waals surface area (Å²) in [6, 6.07) is 3.81. The highest BCUT2D eigenvalue weighted by Gasteiger charge is 2.34. The summed E-state index contributed by atoms with van der Waals surface area (Å²) in [6.45, 7) is 2.63. The van der Waals surface area contributed by atoms with Crippen LogP contribution in [0.1, 0.15) is 30.6 Å². The van der Waals surface area contributed by atoms with Crippen molar-refractivity contribution in [2.45, 2.75) is 25.9 Å². The fourth-order valence-electron chi connectivity index (χ4n) is 2.72. The van der Waals surface area contributed by atoms with E-state index in [1.807, 2.05) is 19.1 Å². The predicted molar refractivity (Wildman–Crippen MR) is 66.4 cm³/mol. The first-order chi connectivity index (χ1) is 9.20. The van der Waals surface area contributed by atoms with Crippen LogP contribution in [0, 0.1) is 5.92 Å². The Morgan fingerprint density at radius 3 is 2.84 bits per heavy atom. The molecule has 19 heavy (non-hydrogen) atoms. The molecule has 0 fully saturated rings. The van der Waals surface area contributed by atoms with E-state index in [0.717, 1.165) is 23.3 Å². The van der Waals surface area contributed by atoms with E-state index in [1.54, 1.807) is 0 Å². The van der Waals surface area contributed by atoms with E-state index in [1.165, 1.54) is 0 Å². The highest BCUT2D eigenvalue weighted by Crippen LogP contribution is 2.42. The van der Waals surface area contributed by atoms with Crippen molar-refractivity contribution in [2.75, 3.05) is 13.4 Å². The molecule has 1 aromatic rings. The van der Waals surface area contributed by atoms with Crippen LogP contribution in [0.4, 0.5) is 0 Å². The van der Waals surface area contributed by atoms with Crippen LogP contribution in [0.3, 0.4) is 0 Å². The van der Waals surface area contributed by atoms with Crippen LogP contribution in [-0.4, -0.2) is 24.5 Å². The molecule has 0 aromatic heterocycles. The van der Waals surface area contributed by atoms with Gasteiger partial charge in [-0.3, -0.25) is 4.79 Å². The molecule has 0 spiro atoms. The lowest BCUT2D eigenvalue weighted by Crippen LogP contribution is -2.28. The van der Waals surface area contributed by atoms with Gasteiger partial charge in [0.15, 0.2) is 11.5 Å². The topological polar surface area (TPSA) is 65.0 Å². The van der Waals surface area contributed by atoms with E-state index in [4.69, 9.17) is 14.2 Å². The van der Waals surface area contributed by atoms with Gasteiger partial charge in [0.25, 0.3) is 0 Å². The number of ether oxygens (including phenoxy) is 3. The summed E-state index contributed by atoms with van der Waals surface area (Å²) in [7, 11) is 0. The maximum atomic E-state index is 11.3. The van der Waals surface area contributed by atoms with Crippen LogP contribution in [0.25, 0.3) is 0 Å². The van der Waals surface area contributed by atoms with E-state index in [0.29, 0.717) is 18.8 Å². The van der Waals surface area contributed by atoms with Crippen molar-refractivity contribution in [1.82, 2.24) is 0 Å². The van der Waals surface area contributed by atoms with Gasteiger partial charge in [0.2, 0.25) is 6.79 Å². The van der Waals surface area contributed by atoms with E-state index in [2.05, 4.69) is 0 Å². The molecule has 0 amide bonds. The van der Waals surface area contributed by atoms with Crippen LogP contribution in [0.2, 0.25) is 0 Å². The third-order valence-corrected chi connectivity index (χ3v) is 3.73. The second kappa shape index (κ2) is 4.74. The molecular weight excluding hydrogens is 248 g/mol. The van der Waals surface area contributed by atoms with Crippen molar-refractivity contribution in [2.24, 2.45) is 5.92 Å². The van der Waals surface area contributed by atoms with Crippen molar-refractivity contribution in [3.05, 3.63) is 23.3 Å². The summed E-state index contributed by atoms with van der Waals surface area (Å²) in [4.78, 5) is 11.3. The lowest BCUT2D eigenvalue weighted by molar-refractivity contribution is -0.148. The number of carbonyl (C=O) groups is 1. The smallest absolute Gasteiger partial charge is 0.309 e. The molecule has 3 rings (SSSR count). The molecule has 2 unspecified atom stereocenters. The SMILES string of the molecule is CCC(C(=O)O)C1OCCc2cc3c(cc21)OCO3. The number of rotatable bonds is 3. The zero-order chi connectivity index (χ0) is 13.4. The fourth-order valence-corrected chi connectivity index (χ4v) is 2.72. The first kappa shape index (κ1) is 12.3. The van der Waals surface area contributed by atoms with Gasteiger partial charge in [-0.1, -0.05) is 6.92 Å². The number of carboxylic acid groups (broad SMARTS) is 1. The van der Waals surface area contributed by atoms with Crippen molar-refractivity contribution in [1.29, 1.82) is 0 Å². The van der Waals surface area contributed by atoms with Crippen molar-refractivity contribution >= 4 is 5.97 Å². The van der Waals surface area contributed by atoms with E-state index >= 15 is 0 Å². The molecule has 1 aromatic carbocycles. The molecule has 5 nitrogen and oxygen atoms in total. The van der Waals surface area contributed by atoms with Crippen LogP contribution in [-0.2, 0) is 16.0 Å². The van der Waals surface area contributed by atoms with Crippen LogP contribution in [0.15, 0.2) is 12.1 Å². The summed E-state index contributed by atoms with van der Waals surface area (Å²) in [5, 5.41) is 9.31. The van der Waals surface area contributed by atoms with Crippen LogP contribution >= 0.6 is 0 Å². The summed E-state index contributed by atoms with van der Waals surface area (Å²) < 4.78 is 16.4. The molecule has 2 aliphatic heterocycles. The Labute approximate surface area is 111 Å². The third kappa shape index (κ3) is 2.04. The van der Waals surface area contributed by atoms with Gasteiger partial charge in [-0.05, 0) is 36.1 Å². The fraction of sp³-hybridized carbons (Fsp3) is 0.500. The normalized spacial score (nSPS) is 21.8. The van der Waals surface area contributed by atoms with Gasteiger partial charge < -0.3 is 19.3 Å². The zero-order valence-corrected chi connectivity index (χ0v) is 10.7. The molecular formula is C14H16O5. The molecule has 0 saturated heterocycles. The van der Waals surface area contributed by atoms with E-state index in [9.17, 15) is 9.90 Å². The maximum absolute atomic E-state index is 11.3. The summed E-state index contributed by atoms with van der Waals surface area (Å²) in [6.07, 6.45) is 0.910. The summed E-state index contributed by atoms with van der Waals surface area (Å²) >= 11 is 0. The van der Waals surface area contributed by atoms with Gasteiger partial charge in [-0.25, -0.2) is 0 Å². The largest absolute Gasteiger partial charge is 0.481 e. The molecule has 0 saturated carbocycles. The van der Waals surface area contributed by atoms with E-state index in [-0.39, 0.29) is 6.79 Å². The first-order valence-electron chi connectivity index (χ1n) is 6.47. The molecule has 5 heteroatoms. The van der Waals surface area contributed by atoms with Crippen molar-refractivity contribution < 1.29 is 24.1 Å². The number of fused-ring (bicyclic) bond motifs is 2. The predicted octanol–water partition coefficient (Wildman–Crippen LogP) is 2.14. The molecule has 1 N–H and O–H groups in total. The Hall–Kier alpha value is -1.75. The third-order valence-electron chi connectivity index (χ3n) is 3.73. The van der Waals surface area contributed by atoms with E-state index < -0.39 is 18.0 Å². The van der Waals surface area contributed by atoms with Crippen LogP contribution in [0.5, 0.6) is 11.5 Å². The number of hydrogen-bond donors (Lipinski definition) is 1. The minimum absolute atomic E-state index is 0.222. The second-order valence-corrected chi connectivity index (χ2v) is 4.80. The number of carboxylic acids is 1. The molecule has 2 atom stereocenters. The molecule has 102 valence electrons. The van der Waals surface area contributed by atoms with Gasteiger partial charge >= 0.3 is 5.97 Å². The molecule has 0 aliphatic carbocycles. The average molecular weight is 264 g/mol. The number of aliphatic carboxylic acids is 1. The average Bonchev–Trinajstić information content (AvgIpc) is 2.84. The first-order valence-corrected chi connectivity index (χ1v) is 6.47. The summed E-state index contributed by atoms with van der Waals surface area (Å²) in [5.74, 6) is 0.0645. The zero-order valence-electron chi connectivity index (χ0n) is 10.7. The molecule has 2 aliphatic rings. The van der Waals surface area contributed by atoms with Crippen molar-refractivity contribution in [3.63, 3.8) is 0 Å². The number of benzene rings is 1. The lowest BCUT2D eigenvalue weighted by atomic mass is 9.87.